The van der Waals surface area contributed by atoms with E-state index in [0.717, 1.165) is 19.4 Å². The van der Waals surface area contributed by atoms with Crippen LogP contribution in [0, 0.1) is 0 Å². The van der Waals surface area contributed by atoms with Crippen molar-refractivity contribution in [3.63, 3.8) is 0 Å². The first-order chi connectivity index (χ1) is 8.16. The Balaban J connectivity index is 1.92. The number of rotatable bonds is 4. The van der Waals surface area contributed by atoms with Crippen LogP contribution in [0.3, 0.4) is 0 Å². The van der Waals surface area contributed by atoms with Crippen molar-refractivity contribution in [3.05, 3.63) is 31.5 Å². The molecule has 94 valence electrons. The molecule has 2 N–H and O–H groups in total. The van der Waals surface area contributed by atoms with Gasteiger partial charge in [0.05, 0.1) is 4.47 Å². The van der Waals surface area contributed by atoms with Gasteiger partial charge in [-0.05, 0) is 48.2 Å². The Morgan fingerprint density at radius 3 is 3.00 bits per heavy atom. The van der Waals surface area contributed by atoms with Crippen LogP contribution in [0.25, 0.3) is 0 Å². The second-order valence-corrected chi connectivity index (χ2v) is 5.22. The molecular formula is C11H16BrN3O2. The molecule has 1 aliphatic rings. The summed E-state index contributed by atoms with van der Waals surface area (Å²) < 4.78 is 1.94. The molecule has 0 bridgehead atoms. The lowest BCUT2D eigenvalue weighted by molar-refractivity contribution is 0.493. The van der Waals surface area contributed by atoms with Gasteiger partial charge in [-0.1, -0.05) is 0 Å². The summed E-state index contributed by atoms with van der Waals surface area (Å²) in [4.78, 5) is 24.9. The van der Waals surface area contributed by atoms with Gasteiger partial charge in [-0.25, -0.2) is 4.79 Å². The van der Waals surface area contributed by atoms with Crippen LogP contribution in [0.15, 0.2) is 20.3 Å². The van der Waals surface area contributed by atoms with Crippen LogP contribution in [-0.4, -0.2) is 22.1 Å². The summed E-state index contributed by atoms with van der Waals surface area (Å²) in [7, 11) is 0. The largest absolute Gasteiger partial charge is 0.328 e. The summed E-state index contributed by atoms with van der Waals surface area (Å²) in [5.74, 6) is 0. The zero-order valence-electron chi connectivity index (χ0n) is 9.54. The summed E-state index contributed by atoms with van der Waals surface area (Å²) in [6, 6.07) is 0.594. The highest BCUT2D eigenvalue weighted by molar-refractivity contribution is 9.10. The van der Waals surface area contributed by atoms with Crippen molar-refractivity contribution >= 4 is 15.9 Å². The quantitative estimate of drug-likeness (QED) is 0.866. The van der Waals surface area contributed by atoms with E-state index in [2.05, 4.69) is 26.2 Å². The lowest BCUT2D eigenvalue weighted by atomic mass is 10.1. The molecule has 5 nitrogen and oxygen atoms in total. The predicted molar refractivity (Wildman–Crippen MR) is 69.3 cm³/mol. The molecule has 1 aliphatic heterocycles. The first kappa shape index (κ1) is 12.6. The molecule has 1 saturated heterocycles. The maximum atomic E-state index is 11.5. The number of aryl methyl sites for hydroxylation is 1. The second kappa shape index (κ2) is 5.64. The Morgan fingerprint density at radius 2 is 2.29 bits per heavy atom. The Hall–Kier alpha value is -0.880. The molecule has 2 heterocycles. The van der Waals surface area contributed by atoms with Gasteiger partial charge in [0, 0.05) is 18.8 Å². The third-order valence-corrected chi connectivity index (χ3v) is 3.65. The summed E-state index contributed by atoms with van der Waals surface area (Å²) in [5.41, 5.74) is -0.707. The van der Waals surface area contributed by atoms with E-state index in [1.165, 1.54) is 12.8 Å². The minimum Gasteiger partial charge on any atom is -0.314 e. The number of H-pyrrole nitrogens is 1. The molecule has 2 rings (SSSR count). The van der Waals surface area contributed by atoms with Gasteiger partial charge in [0.15, 0.2) is 0 Å². The molecule has 1 fully saturated rings. The van der Waals surface area contributed by atoms with Crippen LogP contribution < -0.4 is 16.6 Å². The molecule has 17 heavy (non-hydrogen) atoms. The van der Waals surface area contributed by atoms with E-state index in [1.54, 1.807) is 10.8 Å². The minimum atomic E-state index is -0.372. The maximum absolute atomic E-state index is 11.5. The molecule has 0 aliphatic carbocycles. The third-order valence-electron chi connectivity index (χ3n) is 3.08. The monoisotopic (exact) mass is 301 g/mol. The average Bonchev–Trinajstić information content (AvgIpc) is 2.78. The van der Waals surface area contributed by atoms with Crippen molar-refractivity contribution < 1.29 is 0 Å². The van der Waals surface area contributed by atoms with Gasteiger partial charge >= 0.3 is 5.69 Å². The smallest absolute Gasteiger partial charge is 0.314 e. The molecule has 0 aromatic carbocycles. The van der Waals surface area contributed by atoms with Crippen molar-refractivity contribution in [1.29, 1.82) is 0 Å². The van der Waals surface area contributed by atoms with Crippen LogP contribution in [0.1, 0.15) is 25.7 Å². The second-order valence-electron chi connectivity index (χ2n) is 4.37. The Labute approximate surface area is 107 Å². The Bertz CT molecular complexity index is 488. The summed E-state index contributed by atoms with van der Waals surface area (Å²) in [5, 5.41) is 3.42. The van der Waals surface area contributed by atoms with Crippen LogP contribution in [0.4, 0.5) is 0 Å². The van der Waals surface area contributed by atoms with Crippen LogP contribution in [0.2, 0.25) is 0 Å². The number of hydrogen-bond donors (Lipinski definition) is 2. The molecule has 1 unspecified atom stereocenters. The van der Waals surface area contributed by atoms with E-state index < -0.39 is 0 Å². The number of aromatic nitrogens is 2. The number of aromatic amines is 1. The maximum Gasteiger partial charge on any atom is 0.328 e. The molecule has 1 aromatic heterocycles. The number of hydrogen-bond acceptors (Lipinski definition) is 3. The minimum absolute atomic E-state index is 0.336. The number of nitrogens with zero attached hydrogens (tertiary/aromatic N) is 1. The summed E-state index contributed by atoms with van der Waals surface area (Å²) >= 11 is 3.12. The SMILES string of the molecule is O=c1[nH]c(=O)n(CCCC2CCCN2)cc1Br. The highest BCUT2D eigenvalue weighted by Gasteiger charge is 2.13. The Morgan fingerprint density at radius 1 is 1.47 bits per heavy atom. The van der Waals surface area contributed by atoms with E-state index in [9.17, 15) is 9.59 Å². The van der Waals surface area contributed by atoms with Crippen molar-refractivity contribution in [2.75, 3.05) is 6.54 Å². The molecular weight excluding hydrogens is 286 g/mol. The lowest BCUT2D eigenvalue weighted by Crippen LogP contribution is -2.30. The molecule has 0 saturated carbocycles. The van der Waals surface area contributed by atoms with E-state index in [-0.39, 0.29) is 11.2 Å². The van der Waals surface area contributed by atoms with Crippen molar-refractivity contribution in [3.8, 4) is 0 Å². The van der Waals surface area contributed by atoms with E-state index in [4.69, 9.17) is 0 Å². The zero-order valence-corrected chi connectivity index (χ0v) is 11.1. The van der Waals surface area contributed by atoms with Gasteiger partial charge in [0.1, 0.15) is 0 Å². The molecule has 6 heteroatoms. The van der Waals surface area contributed by atoms with Gasteiger partial charge in [-0.3, -0.25) is 14.3 Å². The normalized spacial score (nSPS) is 19.7. The summed E-state index contributed by atoms with van der Waals surface area (Å²) in [6.45, 7) is 1.75. The number of nitrogens with one attached hydrogen (secondary N) is 2. The molecule has 1 aromatic rings. The third kappa shape index (κ3) is 3.29. The van der Waals surface area contributed by atoms with E-state index in [1.807, 2.05) is 0 Å². The van der Waals surface area contributed by atoms with Crippen LogP contribution in [0.5, 0.6) is 0 Å². The van der Waals surface area contributed by atoms with Gasteiger partial charge < -0.3 is 5.32 Å². The topological polar surface area (TPSA) is 66.9 Å². The molecule has 0 amide bonds. The predicted octanol–water partition coefficient (Wildman–Crippen LogP) is 0.831. The van der Waals surface area contributed by atoms with Crippen molar-refractivity contribution in [2.45, 2.75) is 38.3 Å². The number of halogens is 1. The van der Waals surface area contributed by atoms with Crippen molar-refractivity contribution in [1.82, 2.24) is 14.9 Å². The lowest BCUT2D eigenvalue weighted by Gasteiger charge is -2.10. The van der Waals surface area contributed by atoms with E-state index in [0.29, 0.717) is 17.1 Å². The first-order valence-electron chi connectivity index (χ1n) is 5.89. The van der Waals surface area contributed by atoms with Gasteiger partial charge in [0.25, 0.3) is 5.56 Å². The van der Waals surface area contributed by atoms with Crippen molar-refractivity contribution in [2.24, 2.45) is 0 Å². The fourth-order valence-electron chi connectivity index (χ4n) is 2.16. The standard InChI is InChI=1S/C11H16BrN3O2/c12-9-7-15(11(17)14-10(9)16)6-2-4-8-3-1-5-13-8/h7-8,13H,1-6H2,(H,14,16,17). The zero-order chi connectivity index (χ0) is 12.3. The summed E-state index contributed by atoms with van der Waals surface area (Å²) in [6.07, 6.45) is 6.04. The van der Waals surface area contributed by atoms with Gasteiger partial charge in [0.2, 0.25) is 0 Å². The van der Waals surface area contributed by atoms with Crippen LogP contribution >= 0.6 is 15.9 Å². The van der Waals surface area contributed by atoms with Crippen LogP contribution in [-0.2, 0) is 6.54 Å². The first-order valence-corrected chi connectivity index (χ1v) is 6.69. The van der Waals surface area contributed by atoms with Gasteiger partial charge in [-0.15, -0.1) is 0 Å². The fraction of sp³-hybridized carbons (Fsp3) is 0.636. The Kier molecular flexibility index (Phi) is 4.17. The fourth-order valence-corrected chi connectivity index (χ4v) is 2.51. The average molecular weight is 302 g/mol. The van der Waals surface area contributed by atoms with Gasteiger partial charge in [-0.2, -0.15) is 0 Å². The highest BCUT2D eigenvalue weighted by Crippen LogP contribution is 2.11. The molecule has 0 spiro atoms. The molecule has 1 atom stereocenters. The highest BCUT2D eigenvalue weighted by atomic mass is 79.9. The molecule has 0 radical (unpaired) electrons. The van der Waals surface area contributed by atoms with E-state index >= 15 is 0 Å².